The van der Waals surface area contributed by atoms with Crippen LogP contribution in [-0.4, -0.2) is 34.7 Å². The predicted molar refractivity (Wildman–Crippen MR) is 59.2 cm³/mol. The van der Waals surface area contributed by atoms with Crippen molar-refractivity contribution >= 4 is 53.0 Å². The van der Waals surface area contributed by atoms with Crippen LogP contribution in [0.3, 0.4) is 0 Å². The Morgan fingerprint density at radius 1 is 1.50 bits per heavy atom. The third-order valence-corrected chi connectivity index (χ3v) is 1.49. The van der Waals surface area contributed by atoms with Crippen molar-refractivity contribution in [2.75, 3.05) is 5.32 Å². The Hall–Kier alpha value is -0.540. The standard InChI is InChI=1S/C8H6FN3S.Na.H/c9-6-3-1-2-4-7(6)12-8(13)11-5-10;;/h1-4H,(H2,11,12,13);;. The van der Waals surface area contributed by atoms with Gasteiger partial charge in [-0.15, -0.1) is 17.6 Å². The van der Waals surface area contributed by atoms with Crippen LogP contribution in [0.1, 0.15) is 0 Å². The maximum absolute atomic E-state index is 13.0. The fourth-order valence-electron chi connectivity index (χ4n) is 0.758. The predicted octanol–water partition coefficient (Wildman–Crippen LogP) is 1.36. The molecule has 0 amide bonds. The van der Waals surface area contributed by atoms with Crippen LogP contribution in [0, 0.1) is 17.3 Å². The van der Waals surface area contributed by atoms with Crippen LogP contribution in [0.15, 0.2) is 29.3 Å². The van der Waals surface area contributed by atoms with E-state index in [2.05, 4.69) is 22.9 Å². The monoisotopic (exact) mass is 219 g/mol. The van der Waals surface area contributed by atoms with E-state index < -0.39 is 5.82 Å². The van der Waals surface area contributed by atoms with E-state index in [1.165, 1.54) is 18.3 Å². The molecule has 68 valence electrons. The molecule has 6 heteroatoms. The number of nitrogens with one attached hydrogen (secondary N) is 1. The second kappa shape index (κ2) is 6.85. The number of hydrogen-bond acceptors (Lipinski definition) is 2. The van der Waals surface area contributed by atoms with Gasteiger partial charge in [0.25, 0.3) is 0 Å². The number of thiol groups is 1. The zero-order valence-electron chi connectivity index (χ0n) is 6.53. The van der Waals surface area contributed by atoms with E-state index in [1.807, 2.05) is 0 Å². The average Bonchev–Trinajstić information content (AvgIpc) is 2.09. The Morgan fingerprint density at radius 2 is 2.14 bits per heavy atom. The number of nitriles is 1. The van der Waals surface area contributed by atoms with Crippen molar-refractivity contribution in [1.29, 1.82) is 5.26 Å². The summed E-state index contributed by atoms with van der Waals surface area (Å²) in [6.45, 7) is 0. The van der Waals surface area contributed by atoms with Crippen LogP contribution in [0.5, 0.6) is 0 Å². The molecule has 1 aromatic carbocycles. The Balaban J connectivity index is 0.00000169. The molecule has 0 fully saturated rings. The molecule has 0 saturated heterocycles. The van der Waals surface area contributed by atoms with E-state index in [-0.39, 0.29) is 40.4 Å². The Kier molecular flexibility index (Phi) is 6.58. The summed E-state index contributed by atoms with van der Waals surface area (Å²) in [5, 5.41) is 10.8. The Morgan fingerprint density at radius 3 is 2.71 bits per heavy atom. The molecule has 0 aromatic heterocycles. The van der Waals surface area contributed by atoms with E-state index in [1.54, 1.807) is 12.1 Å². The van der Waals surface area contributed by atoms with E-state index in [0.717, 1.165) is 0 Å². The summed E-state index contributed by atoms with van der Waals surface area (Å²) < 4.78 is 13.0. The third-order valence-electron chi connectivity index (χ3n) is 1.28. The number of amidine groups is 1. The maximum atomic E-state index is 13.0. The Bertz CT molecular complexity index is 375. The molecule has 0 aliphatic rings. The zero-order valence-corrected chi connectivity index (χ0v) is 7.42. The van der Waals surface area contributed by atoms with Crippen LogP contribution in [0.2, 0.25) is 0 Å². The minimum absolute atomic E-state index is 0. The molecular formula is C8H7FN3NaS. The first kappa shape index (κ1) is 13.5. The molecule has 0 heterocycles. The van der Waals surface area contributed by atoms with Crippen molar-refractivity contribution in [3.05, 3.63) is 30.1 Å². The van der Waals surface area contributed by atoms with Crippen molar-refractivity contribution in [3.63, 3.8) is 0 Å². The number of para-hydroxylation sites is 1. The Labute approximate surface area is 109 Å². The van der Waals surface area contributed by atoms with Gasteiger partial charge in [-0.3, -0.25) is 0 Å². The zero-order chi connectivity index (χ0) is 9.68. The van der Waals surface area contributed by atoms with Gasteiger partial charge in [0.2, 0.25) is 6.19 Å². The van der Waals surface area contributed by atoms with Gasteiger partial charge in [-0.05, 0) is 12.1 Å². The number of nitrogens with zero attached hydrogens (tertiary/aromatic N) is 2. The van der Waals surface area contributed by atoms with E-state index in [9.17, 15) is 4.39 Å². The van der Waals surface area contributed by atoms with Crippen molar-refractivity contribution < 1.29 is 4.39 Å². The first-order chi connectivity index (χ1) is 6.24. The van der Waals surface area contributed by atoms with Gasteiger partial charge in [-0.1, -0.05) is 12.1 Å². The number of aliphatic imine (C=N–C) groups is 1. The van der Waals surface area contributed by atoms with Crippen LogP contribution >= 0.6 is 12.6 Å². The van der Waals surface area contributed by atoms with Crippen LogP contribution < -0.4 is 5.32 Å². The summed E-state index contributed by atoms with van der Waals surface area (Å²) in [4.78, 5) is 3.27. The van der Waals surface area contributed by atoms with Gasteiger partial charge in [0.05, 0.1) is 5.69 Å². The first-order valence-electron chi connectivity index (χ1n) is 3.41. The van der Waals surface area contributed by atoms with Crippen molar-refractivity contribution in [3.8, 4) is 6.19 Å². The van der Waals surface area contributed by atoms with E-state index >= 15 is 0 Å². The number of halogens is 1. The molecule has 1 aromatic rings. The molecule has 0 radical (unpaired) electrons. The summed E-state index contributed by atoms with van der Waals surface area (Å²) in [6, 6.07) is 6.06. The third kappa shape index (κ3) is 4.11. The van der Waals surface area contributed by atoms with Crippen molar-refractivity contribution in [1.82, 2.24) is 0 Å². The van der Waals surface area contributed by atoms with Gasteiger partial charge in [0.15, 0.2) is 5.17 Å². The second-order valence-corrected chi connectivity index (χ2v) is 2.56. The summed E-state index contributed by atoms with van der Waals surface area (Å²) in [5.41, 5.74) is 0.242. The minimum atomic E-state index is -0.415. The van der Waals surface area contributed by atoms with Gasteiger partial charge in [0.1, 0.15) is 5.82 Å². The van der Waals surface area contributed by atoms with Crippen molar-refractivity contribution in [2.45, 2.75) is 0 Å². The van der Waals surface area contributed by atoms with Gasteiger partial charge < -0.3 is 5.32 Å². The van der Waals surface area contributed by atoms with Crippen LogP contribution in [0.4, 0.5) is 10.1 Å². The fraction of sp³-hybridized carbons (Fsp3) is 0. The molecule has 1 rings (SSSR count). The molecular weight excluding hydrogens is 212 g/mol. The topological polar surface area (TPSA) is 48.2 Å². The van der Waals surface area contributed by atoms with E-state index in [4.69, 9.17) is 5.26 Å². The molecule has 0 atom stereocenters. The molecule has 0 saturated carbocycles. The van der Waals surface area contributed by atoms with E-state index in [0.29, 0.717) is 0 Å². The van der Waals surface area contributed by atoms with Crippen LogP contribution in [0.25, 0.3) is 0 Å². The molecule has 0 spiro atoms. The second-order valence-electron chi connectivity index (χ2n) is 2.14. The molecule has 0 unspecified atom stereocenters. The van der Waals surface area contributed by atoms with Crippen molar-refractivity contribution in [2.24, 2.45) is 4.99 Å². The van der Waals surface area contributed by atoms with Gasteiger partial charge in [-0.2, -0.15) is 5.26 Å². The number of anilines is 1. The SMILES string of the molecule is N#CN=C(S)Nc1ccccc1F.[NaH]. The summed E-state index contributed by atoms with van der Waals surface area (Å²) in [7, 11) is 0. The molecule has 0 aliphatic heterocycles. The number of rotatable bonds is 1. The molecule has 14 heavy (non-hydrogen) atoms. The molecule has 3 nitrogen and oxygen atoms in total. The summed E-state index contributed by atoms with van der Waals surface area (Å²) >= 11 is 3.82. The normalized spacial score (nSPS) is 9.93. The molecule has 0 bridgehead atoms. The fourth-order valence-corrected chi connectivity index (χ4v) is 0.924. The van der Waals surface area contributed by atoms with Gasteiger partial charge in [0, 0.05) is 0 Å². The van der Waals surface area contributed by atoms with Crippen LogP contribution in [-0.2, 0) is 0 Å². The molecule has 0 aliphatic carbocycles. The number of benzene rings is 1. The number of hydrogen-bond donors (Lipinski definition) is 2. The molecule has 1 N–H and O–H groups in total. The van der Waals surface area contributed by atoms with Gasteiger partial charge >= 0.3 is 29.6 Å². The van der Waals surface area contributed by atoms with Gasteiger partial charge in [-0.25, -0.2) is 4.39 Å². The summed E-state index contributed by atoms with van der Waals surface area (Å²) in [5.74, 6) is -0.415. The first-order valence-corrected chi connectivity index (χ1v) is 3.86. The average molecular weight is 219 g/mol. The summed E-state index contributed by atoms with van der Waals surface area (Å²) in [6.07, 6.45) is 1.53. The quantitative estimate of drug-likeness (QED) is 0.246.